The molecule has 0 amide bonds. The first-order valence-electron chi connectivity index (χ1n) is 10.5. The molecular formula is C25H31NO5. The Morgan fingerprint density at radius 1 is 1.29 bits per heavy atom. The molecule has 0 fully saturated rings. The molecule has 3 rings (SSSR count). The molecule has 2 aliphatic rings. The summed E-state index contributed by atoms with van der Waals surface area (Å²) in [7, 11) is 1.57. The van der Waals surface area contributed by atoms with E-state index in [1.54, 1.807) is 7.11 Å². The maximum atomic E-state index is 13.3. The normalized spacial score (nSPS) is 20.0. The molecule has 6 heteroatoms. The van der Waals surface area contributed by atoms with E-state index < -0.39 is 11.9 Å². The molecule has 1 N–H and O–H groups in total. The summed E-state index contributed by atoms with van der Waals surface area (Å²) in [5.74, 6) is 0.205. The van der Waals surface area contributed by atoms with Gasteiger partial charge in [-0.3, -0.25) is 4.79 Å². The van der Waals surface area contributed by atoms with Crippen LogP contribution in [-0.4, -0.2) is 32.1 Å². The number of allylic oxidation sites excluding steroid dienone is 3. The van der Waals surface area contributed by atoms with Gasteiger partial charge in [0.15, 0.2) is 17.3 Å². The van der Waals surface area contributed by atoms with Gasteiger partial charge in [0.2, 0.25) is 0 Å². The number of carbonyl (C=O) groups is 2. The minimum Gasteiger partial charge on any atom is -0.493 e. The molecule has 1 aliphatic heterocycles. The first kappa shape index (κ1) is 22.7. The van der Waals surface area contributed by atoms with E-state index in [-0.39, 0.29) is 17.8 Å². The van der Waals surface area contributed by atoms with Crippen LogP contribution in [0.1, 0.15) is 52.0 Å². The van der Waals surface area contributed by atoms with Crippen LogP contribution in [0.15, 0.2) is 53.4 Å². The average Bonchev–Trinajstić information content (AvgIpc) is 2.70. The molecule has 0 aromatic heterocycles. The summed E-state index contributed by atoms with van der Waals surface area (Å²) < 4.78 is 16.6. The Kier molecular flexibility index (Phi) is 6.58. The van der Waals surface area contributed by atoms with E-state index in [1.165, 1.54) is 6.08 Å². The van der Waals surface area contributed by atoms with Crippen LogP contribution in [-0.2, 0) is 14.3 Å². The highest BCUT2D eigenvalue weighted by molar-refractivity contribution is 6.04. The van der Waals surface area contributed by atoms with Crippen LogP contribution in [0.4, 0.5) is 0 Å². The van der Waals surface area contributed by atoms with Gasteiger partial charge in [0.1, 0.15) is 6.61 Å². The largest absolute Gasteiger partial charge is 0.493 e. The Hall–Kier alpha value is -3.02. The number of carbonyl (C=O) groups excluding carboxylic acids is 2. The molecule has 0 spiro atoms. The maximum absolute atomic E-state index is 13.3. The van der Waals surface area contributed by atoms with E-state index in [9.17, 15) is 9.59 Å². The van der Waals surface area contributed by atoms with Crippen molar-refractivity contribution in [3.05, 3.63) is 59.0 Å². The molecule has 166 valence electrons. The van der Waals surface area contributed by atoms with Crippen LogP contribution < -0.4 is 14.8 Å². The van der Waals surface area contributed by atoms with Crippen molar-refractivity contribution in [3.8, 4) is 11.5 Å². The smallest absolute Gasteiger partial charge is 0.337 e. The second-order valence-electron chi connectivity index (χ2n) is 8.66. The van der Waals surface area contributed by atoms with E-state index in [2.05, 4.69) is 25.7 Å². The summed E-state index contributed by atoms with van der Waals surface area (Å²) in [4.78, 5) is 26.3. The minimum absolute atomic E-state index is 0.0399. The fourth-order valence-electron chi connectivity index (χ4n) is 4.39. The second-order valence-corrected chi connectivity index (χ2v) is 8.66. The number of ether oxygens (including phenoxy) is 3. The van der Waals surface area contributed by atoms with Crippen molar-refractivity contribution in [1.29, 1.82) is 0 Å². The summed E-state index contributed by atoms with van der Waals surface area (Å²) in [5, 5.41) is 3.33. The summed E-state index contributed by atoms with van der Waals surface area (Å²) in [6.07, 6.45) is 2.68. The van der Waals surface area contributed by atoms with Crippen LogP contribution in [0, 0.1) is 5.41 Å². The highest BCUT2D eigenvalue weighted by Crippen LogP contribution is 2.47. The minimum atomic E-state index is -0.540. The van der Waals surface area contributed by atoms with Crippen molar-refractivity contribution in [3.63, 3.8) is 0 Å². The lowest BCUT2D eigenvalue weighted by molar-refractivity contribution is -0.138. The molecule has 1 atom stereocenters. The number of ketones is 1. The van der Waals surface area contributed by atoms with Crippen molar-refractivity contribution in [2.75, 3.05) is 20.3 Å². The van der Waals surface area contributed by atoms with Crippen molar-refractivity contribution in [2.24, 2.45) is 5.41 Å². The first-order valence-corrected chi connectivity index (χ1v) is 10.5. The van der Waals surface area contributed by atoms with Gasteiger partial charge in [-0.2, -0.15) is 0 Å². The molecule has 1 aromatic carbocycles. The molecule has 6 nitrogen and oxygen atoms in total. The van der Waals surface area contributed by atoms with Gasteiger partial charge < -0.3 is 19.5 Å². The molecular weight excluding hydrogens is 394 g/mol. The molecule has 1 aromatic rings. The SMILES string of the molecule is C=CCOC(=O)C1=C(C)NC2=C(C(=O)CC(C)(C)C2)C1c1ccc(OCC)c(OC)c1. The van der Waals surface area contributed by atoms with Crippen molar-refractivity contribution in [1.82, 2.24) is 5.32 Å². The number of benzene rings is 1. The number of Topliss-reactive ketones (excluding diaryl/α,β-unsaturated/α-hetero) is 1. The van der Waals surface area contributed by atoms with Gasteiger partial charge in [-0.15, -0.1) is 0 Å². The third-order valence-corrected chi connectivity index (χ3v) is 5.61. The van der Waals surface area contributed by atoms with E-state index >= 15 is 0 Å². The predicted octanol–water partition coefficient (Wildman–Crippen LogP) is 4.43. The number of hydrogen-bond donors (Lipinski definition) is 1. The highest BCUT2D eigenvalue weighted by atomic mass is 16.5. The van der Waals surface area contributed by atoms with Crippen LogP contribution in [0.25, 0.3) is 0 Å². The number of rotatable bonds is 7. The zero-order valence-corrected chi connectivity index (χ0v) is 19.0. The molecule has 1 heterocycles. The zero-order valence-electron chi connectivity index (χ0n) is 19.0. The van der Waals surface area contributed by atoms with Crippen molar-refractivity contribution in [2.45, 2.75) is 46.5 Å². The molecule has 1 unspecified atom stereocenters. The van der Waals surface area contributed by atoms with Gasteiger partial charge in [0.25, 0.3) is 0 Å². The van der Waals surface area contributed by atoms with Crippen molar-refractivity contribution >= 4 is 11.8 Å². The fraction of sp³-hybridized carbons (Fsp3) is 0.440. The summed E-state index contributed by atoms with van der Waals surface area (Å²) >= 11 is 0. The van der Waals surface area contributed by atoms with Gasteiger partial charge in [-0.1, -0.05) is 32.6 Å². The molecule has 0 saturated carbocycles. The van der Waals surface area contributed by atoms with Gasteiger partial charge in [-0.05, 0) is 43.4 Å². The topological polar surface area (TPSA) is 73.9 Å². The maximum Gasteiger partial charge on any atom is 0.337 e. The molecule has 0 bridgehead atoms. The lowest BCUT2D eigenvalue weighted by atomic mass is 9.68. The molecule has 1 aliphatic carbocycles. The fourth-order valence-corrected chi connectivity index (χ4v) is 4.39. The summed E-state index contributed by atoms with van der Waals surface area (Å²) in [5.41, 5.74) is 3.26. The number of hydrogen-bond acceptors (Lipinski definition) is 6. The average molecular weight is 426 g/mol. The monoisotopic (exact) mass is 425 g/mol. The second kappa shape index (κ2) is 9.00. The van der Waals surface area contributed by atoms with Crippen LogP contribution in [0.5, 0.6) is 11.5 Å². The molecule has 0 saturated heterocycles. The molecule has 0 radical (unpaired) electrons. The van der Waals surface area contributed by atoms with Gasteiger partial charge in [-0.25, -0.2) is 4.79 Å². The first-order chi connectivity index (χ1) is 14.7. The lowest BCUT2D eigenvalue weighted by Crippen LogP contribution is -2.38. The van der Waals surface area contributed by atoms with E-state index in [1.807, 2.05) is 32.0 Å². The van der Waals surface area contributed by atoms with Gasteiger partial charge in [0, 0.05) is 29.3 Å². The predicted molar refractivity (Wildman–Crippen MR) is 119 cm³/mol. The van der Waals surface area contributed by atoms with Crippen LogP contribution in [0.2, 0.25) is 0 Å². The summed E-state index contributed by atoms with van der Waals surface area (Å²) in [6, 6.07) is 5.54. The highest BCUT2D eigenvalue weighted by Gasteiger charge is 2.43. The number of esters is 1. The van der Waals surface area contributed by atoms with E-state index in [0.29, 0.717) is 41.4 Å². The van der Waals surface area contributed by atoms with Gasteiger partial charge in [0.05, 0.1) is 19.3 Å². The Morgan fingerprint density at radius 2 is 2.03 bits per heavy atom. The Morgan fingerprint density at radius 3 is 2.68 bits per heavy atom. The lowest BCUT2D eigenvalue weighted by Gasteiger charge is -2.39. The van der Waals surface area contributed by atoms with Gasteiger partial charge >= 0.3 is 5.97 Å². The van der Waals surface area contributed by atoms with E-state index in [0.717, 1.165) is 17.7 Å². The Labute approximate surface area is 183 Å². The summed E-state index contributed by atoms with van der Waals surface area (Å²) in [6.45, 7) is 12.1. The number of dihydropyridines is 1. The van der Waals surface area contributed by atoms with Crippen LogP contribution in [0.3, 0.4) is 0 Å². The van der Waals surface area contributed by atoms with E-state index in [4.69, 9.17) is 14.2 Å². The zero-order chi connectivity index (χ0) is 22.8. The quantitative estimate of drug-likeness (QED) is 0.515. The number of nitrogens with one attached hydrogen (secondary N) is 1. The standard InChI is InChI=1S/C25H31NO5/c1-7-11-31-24(28)21-15(3)26-17-13-25(4,5)14-18(27)23(17)22(21)16-9-10-19(30-8-2)20(12-16)29-6/h7,9-10,12,22,26H,1,8,11,13-14H2,2-6H3. The third-order valence-electron chi connectivity index (χ3n) is 5.61. The number of methoxy groups -OCH3 is 1. The third kappa shape index (κ3) is 4.53. The Bertz CT molecular complexity index is 970. The Balaban J connectivity index is 2.17. The molecule has 31 heavy (non-hydrogen) atoms. The van der Waals surface area contributed by atoms with Crippen LogP contribution >= 0.6 is 0 Å². The van der Waals surface area contributed by atoms with Crippen molar-refractivity contribution < 1.29 is 23.8 Å².